The Morgan fingerprint density at radius 1 is 0.750 bits per heavy atom. The predicted molar refractivity (Wildman–Crippen MR) is 104 cm³/mol. The Kier molecular flexibility index (Phi) is 9.14. The summed E-state index contributed by atoms with van der Waals surface area (Å²) in [6.07, 6.45) is -34.7. The van der Waals surface area contributed by atoms with E-state index >= 15 is 0 Å². The average molecular weight is 646 g/mol. The molecule has 2 aromatic rings. The lowest BCUT2D eigenvalue weighted by molar-refractivity contribution is -0.302. The van der Waals surface area contributed by atoms with Crippen LogP contribution in [0.3, 0.4) is 0 Å². The van der Waals surface area contributed by atoms with Crippen molar-refractivity contribution in [2.75, 3.05) is 5.32 Å². The van der Waals surface area contributed by atoms with Crippen molar-refractivity contribution in [3.05, 3.63) is 29.3 Å². The number of nitrogens with zero attached hydrogens (tertiary/aromatic N) is 3. The second-order valence-electron chi connectivity index (χ2n) is 6.88. The number of hydrogen-bond donors (Lipinski definition) is 2. The van der Waals surface area contributed by atoms with Crippen molar-refractivity contribution in [2.45, 2.75) is 41.8 Å². The quantitative estimate of drug-likeness (QED) is 0.412. The SMILES string of the molecule is O=C(Nc1nc(OC(C(F)(F)F)C(F)(F)F)nc(OC(C(F)(F)F)C(F)(F)F)n1)NS(=O)(=O)c1ccccc1Cl. The Balaban J connectivity index is 2.51. The first-order chi connectivity index (χ1) is 17.9. The van der Waals surface area contributed by atoms with E-state index in [1.54, 1.807) is 0 Å². The number of alkyl halides is 12. The van der Waals surface area contributed by atoms with Crippen molar-refractivity contribution in [2.24, 2.45) is 0 Å². The molecule has 1 aromatic heterocycles. The second kappa shape index (κ2) is 11.2. The van der Waals surface area contributed by atoms with Crippen LogP contribution in [0.4, 0.5) is 63.4 Å². The minimum atomic E-state index is -6.28. The molecule has 10 nitrogen and oxygen atoms in total. The number of carbonyl (C=O) groups is 1. The van der Waals surface area contributed by atoms with Crippen LogP contribution >= 0.6 is 11.6 Å². The van der Waals surface area contributed by atoms with Crippen molar-refractivity contribution >= 4 is 33.6 Å². The van der Waals surface area contributed by atoms with Crippen LogP contribution in [0.25, 0.3) is 0 Å². The normalized spacial score (nSPS) is 13.4. The van der Waals surface area contributed by atoms with Crippen molar-refractivity contribution in [1.82, 2.24) is 19.7 Å². The van der Waals surface area contributed by atoms with Crippen LogP contribution in [0.1, 0.15) is 0 Å². The Morgan fingerprint density at radius 3 is 1.52 bits per heavy atom. The molecule has 2 N–H and O–H groups in total. The van der Waals surface area contributed by atoms with Gasteiger partial charge in [0.1, 0.15) is 4.90 Å². The number of anilines is 1. The molecular weight excluding hydrogens is 638 g/mol. The lowest BCUT2D eigenvalue weighted by atomic mass is 10.3. The van der Waals surface area contributed by atoms with E-state index in [9.17, 15) is 65.9 Å². The van der Waals surface area contributed by atoms with E-state index in [0.29, 0.717) is 0 Å². The minimum Gasteiger partial charge on any atom is -0.440 e. The fourth-order valence-electron chi connectivity index (χ4n) is 2.32. The Morgan fingerprint density at radius 2 is 1.15 bits per heavy atom. The van der Waals surface area contributed by atoms with Crippen molar-refractivity contribution in [3.63, 3.8) is 0 Å². The van der Waals surface area contributed by atoms with E-state index in [1.165, 1.54) is 16.1 Å². The highest BCUT2D eigenvalue weighted by Crippen LogP contribution is 2.38. The number of hydrogen-bond acceptors (Lipinski definition) is 8. The van der Waals surface area contributed by atoms with E-state index in [-0.39, 0.29) is 0 Å². The van der Waals surface area contributed by atoms with Crippen LogP contribution < -0.4 is 19.5 Å². The largest absolute Gasteiger partial charge is 0.440 e. The van der Waals surface area contributed by atoms with Crippen LogP contribution in [0, 0.1) is 0 Å². The molecule has 0 aliphatic rings. The topological polar surface area (TPSA) is 132 Å². The van der Waals surface area contributed by atoms with Gasteiger partial charge in [0.25, 0.3) is 22.2 Å². The third-order valence-corrected chi connectivity index (χ3v) is 5.64. The number of amides is 2. The first-order valence-corrected chi connectivity index (χ1v) is 11.2. The molecule has 0 aliphatic carbocycles. The molecule has 224 valence electrons. The molecule has 0 saturated carbocycles. The van der Waals surface area contributed by atoms with Crippen LogP contribution in [-0.4, -0.2) is 66.3 Å². The summed E-state index contributed by atoms with van der Waals surface area (Å²) in [4.78, 5) is 19.2. The standard InChI is InChI=1S/C16H8ClF12N5O5S/c17-5-3-1-2-4-6(5)40(36,37)34-10(35)30-9-31-11(38-7(13(18,19)20)14(21,22)23)33-12(32-9)39-8(15(24,25)26)16(27,28)29/h1-4,7-8H,(H2,30,31,32,33,34,35). The van der Waals surface area contributed by atoms with Gasteiger partial charge in [-0.05, 0) is 12.1 Å². The molecule has 0 fully saturated rings. The number of benzene rings is 1. The number of urea groups is 1. The average Bonchev–Trinajstić information content (AvgIpc) is 2.72. The number of aromatic nitrogens is 3. The molecule has 0 aliphatic heterocycles. The molecule has 0 bridgehead atoms. The second-order valence-corrected chi connectivity index (χ2v) is 8.93. The van der Waals surface area contributed by atoms with Crippen molar-refractivity contribution in [1.29, 1.82) is 0 Å². The summed E-state index contributed by atoms with van der Waals surface area (Å²) < 4.78 is 186. The fraction of sp³-hybridized carbons (Fsp3) is 0.375. The number of sulfonamides is 1. The highest BCUT2D eigenvalue weighted by Gasteiger charge is 2.61. The van der Waals surface area contributed by atoms with Crippen LogP contribution in [0.5, 0.6) is 12.0 Å². The molecular formula is C16H8ClF12N5O5S. The van der Waals surface area contributed by atoms with Crippen LogP contribution in [-0.2, 0) is 10.0 Å². The van der Waals surface area contributed by atoms with Gasteiger partial charge >= 0.3 is 42.8 Å². The number of rotatable bonds is 7. The summed E-state index contributed by atoms with van der Waals surface area (Å²) in [7, 11) is -4.87. The van der Waals surface area contributed by atoms with E-state index in [2.05, 4.69) is 24.4 Å². The maximum Gasteiger partial charge on any atom is 0.434 e. The smallest absolute Gasteiger partial charge is 0.434 e. The van der Waals surface area contributed by atoms with Crippen LogP contribution in [0.15, 0.2) is 29.2 Å². The summed E-state index contributed by atoms with van der Waals surface area (Å²) in [6.45, 7) is 0. The summed E-state index contributed by atoms with van der Waals surface area (Å²) >= 11 is 5.65. The zero-order chi connectivity index (χ0) is 30.9. The number of nitrogens with one attached hydrogen (secondary N) is 2. The third kappa shape index (κ3) is 8.76. The summed E-state index contributed by atoms with van der Waals surface area (Å²) in [5.74, 6) is -1.71. The first-order valence-electron chi connectivity index (χ1n) is 9.36. The van der Waals surface area contributed by atoms with Crippen molar-refractivity contribution < 1.29 is 75.4 Å². The Bertz CT molecular complexity index is 1250. The fourth-order valence-corrected chi connectivity index (χ4v) is 3.74. The predicted octanol–water partition coefficient (Wildman–Crippen LogP) is 4.78. The molecule has 1 aromatic carbocycles. The van der Waals surface area contributed by atoms with E-state index in [1.807, 2.05) is 0 Å². The number of ether oxygens (including phenoxy) is 2. The zero-order valence-corrected chi connectivity index (χ0v) is 19.7. The van der Waals surface area contributed by atoms with Gasteiger partial charge in [-0.25, -0.2) is 17.9 Å². The van der Waals surface area contributed by atoms with E-state index in [4.69, 9.17) is 11.6 Å². The summed E-state index contributed by atoms with van der Waals surface area (Å²) in [5.41, 5.74) is 0. The van der Waals surface area contributed by atoms with Gasteiger partial charge in [0, 0.05) is 0 Å². The van der Waals surface area contributed by atoms with Gasteiger partial charge in [-0.2, -0.15) is 62.7 Å². The molecule has 2 amide bonds. The number of carbonyl (C=O) groups excluding carboxylic acids is 1. The molecule has 24 heteroatoms. The summed E-state index contributed by atoms with van der Waals surface area (Å²) in [6, 6.07) is -2.15. The summed E-state index contributed by atoms with van der Waals surface area (Å²) in [5, 5.41) is 0.796. The lowest BCUT2D eigenvalue weighted by Crippen LogP contribution is -2.47. The zero-order valence-electron chi connectivity index (χ0n) is 18.2. The lowest BCUT2D eigenvalue weighted by Gasteiger charge is -2.24. The number of halogens is 13. The highest BCUT2D eigenvalue weighted by atomic mass is 35.5. The Labute approximate surface area is 217 Å². The van der Waals surface area contributed by atoms with Gasteiger partial charge in [0.05, 0.1) is 5.02 Å². The van der Waals surface area contributed by atoms with Gasteiger partial charge in [-0.3, -0.25) is 5.32 Å². The molecule has 0 atom stereocenters. The van der Waals surface area contributed by atoms with E-state index < -0.39 is 80.9 Å². The minimum absolute atomic E-state index is 0.454. The van der Waals surface area contributed by atoms with E-state index in [0.717, 1.165) is 18.2 Å². The van der Waals surface area contributed by atoms with Gasteiger partial charge < -0.3 is 9.47 Å². The highest BCUT2D eigenvalue weighted by molar-refractivity contribution is 7.90. The molecule has 0 unspecified atom stereocenters. The maximum absolute atomic E-state index is 12.8. The first kappa shape index (κ1) is 32.7. The van der Waals surface area contributed by atoms with Gasteiger partial charge in [-0.15, -0.1) is 4.98 Å². The van der Waals surface area contributed by atoms with Crippen molar-refractivity contribution in [3.8, 4) is 12.0 Å². The van der Waals surface area contributed by atoms with Gasteiger partial charge in [-0.1, -0.05) is 23.7 Å². The third-order valence-electron chi connectivity index (χ3n) is 3.81. The molecule has 40 heavy (non-hydrogen) atoms. The molecule has 0 spiro atoms. The maximum atomic E-state index is 12.8. The molecule has 2 rings (SSSR count). The Hall–Kier alpha value is -3.50. The van der Waals surface area contributed by atoms with Gasteiger partial charge in [0.15, 0.2) is 0 Å². The van der Waals surface area contributed by atoms with Gasteiger partial charge in [0.2, 0.25) is 5.95 Å². The molecule has 0 saturated heterocycles. The van der Waals surface area contributed by atoms with Crippen LogP contribution in [0.2, 0.25) is 5.02 Å². The molecule has 1 heterocycles. The monoisotopic (exact) mass is 645 g/mol. The molecule has 0 radical (unpaired) electrons.